The molecule has 1 heterocycles. The van der Waals surface area contributed by atoms with Gasteiger partial charge in [0.2, 0.25) is 0 Å². The van der Waals surface area contributed by atoms with Crippen LogP contribution in [-0.2, 0) is 9.47 Å². The van der Waals surface area contributed by atoms with E-state index in [2.05, 4.69) is 13.8 Å². The van der Waals surface area contributed by atoms with E-state index in [1.54, 1.807) is 0 Å². The third kappa shape index (κ3) is 1.80. The first kappa shape index (κ1) is 11.0. The van der Waals surface area contributed by atoms with Crippen molar-refractivity contribution in [2.45, 2.75) is 58.2 Å². The van der Waals surface area contributed by atoms with Crippen molar-refractivity contribution < 1.29 is 9.47 Å². The lowest BCUT2D eigenvalue weighted by atomic mass is 9.64. The van der Waals surface area contributed by atoms with Crippen LogP contribution >= 0.6 is 0 Å². The summed E-state index contributed by atoms with van der Waals surface area (Å²) in [6.07, 6.45) is 7.69. The minimum absolute atomic E-state index is 0.428. The van der Waals surface area contributed by atoms with Crippen LogP contribution in [0.2, 0.25) is 0 Å². The van der Waals surface area contributed by atoms with Crippen molar-refractivity contribution in [3.05, 3.63) is 0 Å². The number of ether oxygens (including phenoxy) is 2. The van der Waals surface area contributed by atoms with Crippen LogP contribution in [0.3, 0.4) is 0 Å². The van der Waals surface area contributed by atoms with Gasteiger partial charge in [-0.2, -0.15) is 0 Å². The molecule has 0 N–H and O–H groups in total. The van der Waals surface area contributed by atoms with Crippen molar-refractivity contribution in [1.82, 2.24) is 0 Å². The second kappa shape index (κ2) is 4.30. The molecule has 1 saturated heterocycles. The Hall–Kier alpha value is -0.0800. The van der Waals surface area contributed by atoms with Gasteiger partial charge in [-0.1, -0.05) is 13.8 Å². The van der Waals surface area contributed by atoms with Gasteiger partial charge in [0.15, 0.2) is 0 Å². The molecule has 0 aromatic carbocycles. The van der Waals surface area contributed by atoms with E-state index in [9.17, 15) is 0 Å². The molecule has 0 aromatic rings. The lowest BCUT2D eigenvalue weighted by molar-refractivity contribution is -0.0250. The molecule has 2 saturated carbocycles. The summed E-state index contributed by atoms with van der Waals surface area (Å²) in [5.74, 6) is 3.54. The fraction of sp³-hybridized carbons (Fsp3) is 1.00. The number of rotatable bonds is 1. The van der Waals surface area contributed by atoms with E-state index < -0.39 is 0 Å². The first-order chi connectivity index (χ1) is 7.75. The molecule has 2 aliphatic carbocycles. The Morgan fingerprint density at radius 2 is 1.88 bits per heavy atom. The standard InChI is InChI=1S/C14H24O2/c1-9(2)10-3-5-12-11(7-10)4-6-13-14(12)16-8-15-13/h9-14H,3-8H2,1-2H3. The molecule has 16 heavy (non-hydrogen) atoms. The fourth-order valence-corrected chi connectivity index (χ4v) is 4.13. The summed E-state index contributed by atoms with van der Waals surface area (Å²) in [5.41, 5.74) is 0. The molecule has 5 atom stereocenters. The van der Waals surface area contributed by atoms with Gasteiger partial charge in [0.25, 0.3) is 0 Å². The summed E-state index contributed by atoms with van der Waals surface area (Å²) >= 11 is 0. The average molecular weight is 224 g/mol. The van der Waals surface area contributed by atoms with Crippen molar-refractivity contribution in [3.63, 3.8) is 0 Å². The van der Waals surface area contributed by atoms with Crippen molar-refractivity contribution in [3.8, 4) is 0 Å². The Bertz CT molecular complexity index is 251. The normalized spacial score (nSPS) is 47.8. The molecule has 2 nitrogen and oxygen atoms in total. The summed E-state index contributed by atoms with van der Waals surface area (Å²) in [4.78, 5) is 0. The average Bonchev–Trinajstić information content (AvgIpc) is 2.76. The molecule has 0 aromatic heterocycles. The maximum atomic E-state index is 5.80. The number of hydrogen-bond acceptors (Lipinski definition) is 2. The Morgan fingerprint density at radius 3 is 2.69 bits per heavy atom. The fourth-order valence-electron chi connectivity index (χ4n) is 4.13. The monoisotopic (exact) mass is 224 g/mol. The lowest BCUT2D eigenvalue weighted by Crippen LogP contribution is -2.44. The molecule has 5 unspecified atom stereocenters. The predicted molar refractivity (Wildman–Crippen MR) is 63.0 cm³/mol. The molecule has 3 rings (SSSR count). The Kier molecular flexibility index (Phi) is 2.97. The van der Waals surface area contributed by atoms with Crippen LogP contribution in [0.15, 0.2) is 0 Å². The van der Waals surface area contributed by atoms with Gasteiger partial charge in [-0.05, 0) is 55.8 Å². The third-order valence-corrected chi connectivity index (χ3v) is 5.18. The smallest absolute Gasteiger partial charge is 0.147 e. The third-order valence-electron chi connectivity index (χ3n) is 5.18. The first-order valence-electron chi connectivity index (χ1n) is 6.99. The highest BCUT2D eigenvalue weighted by atomic mass is 16.7. The molecule has 1 aliphatic heterocycles. The van der Waals surface area contributed by atoms with Crippen LogP contribution in [0.5, 0.6) is 0 Å². The van der Waals surface area contributed by atoms with Crippen LogP contribution in [0, 0.1) is 23.7 Å². The summed E-state index contributed by atoms with van der Waals surface area (Å²) in [5, 5.41) is 0. The summed E-state index contributed by atoms with van der Waals surface area (Å²) < 4.78 is 11.5. The van der Waals surface area contributed by atoms with Crippen molar-refractivity contribution in [1.29, 1.82) is 0 Å². The molecule has 0 amide bonds. The Labute approximate surface area is 98.7 Å². The topological polar surface area (TPSA) is 18.5 Å². The highest BCUT2D eigenvalue weighted by Gasteiger charge is 2.46. The van der Waals surface area contributed by atoms with Gasteiger partial charge in [0.1, 0.15) is 6.79 Å². The lowest BCUT2D eigenvalue weighted by Gasteiger charge is -2.44. The zero-order valence-electron chi connectivity index (χ0n) is 10.5. The molecular weight excluding hydrogens is 200 g/mol. The van der Waals surface area contributed by atoms with Crippen LogP contribution in [-0.4, -0.2) is 19.0 Å². The number of fused-ring (bicyclic) bond motifs is 3. The second-order valence-electron chi connectivity index (χ2n) is 6.27. The predicted octanol–water partition coefficient (Wildman–Crippen LogP) is 3.21. The van der Waals surface area contributed by atoms with Gasteiger partial charge in [0, 0.05) is 0 Å². The number of hydrogen-bond donors (Lipinski definition) is 0. The first-order valence-corrected chi connectivity index (χ1v) is 6.99. The van der Waals surface area contributed by atoms with Gasteiger partial charge in [-0.3, -0.25) is 0 Å². The van der Waals surface area contributed by atoms with Crippen LogP contribution in [0.25, 0.3) is 0 Å². The molecule has 3 fully saturated rings. The van der Waals surface area contributed by atoms with Crippen LogP contribution < -0.4 is 0 Å². The minimum atomic E-state index is 0.428. The van der Waals surface area contributed by atoms with E-state index in [0.29, 0.717) is 19.0 Å². The molecule has 92 valence electrons. The summed E-state index contributed by atoms with van der Waals surface area (Å²) in [7, 11) is 0. The Morgan fingerprint density at radius 1 is 1.00 bits per heavy atom. The van der Waals surface area contributed by atoms with E-state index >= 15 is 0 Å². The molecular formula is C14H24O2. The van der Waals surface area contributed by atoms with Crippen molar-refractivity contribution in [2.24, 2.45) is 23.7 Å². The van der Waals surface area contributed by atoms with Crippen LogP contribution in [0.1, 0.15) is 46.0 Å². The van der Waals surface area contributed by atoms with Gasteiger partial charge >= 0.3 is 0 Å². The second-order valence-corrected chi connectivity index (χ2v) is 6.27. The quantitative estimate of drug-likeness (QED) is 0.681. The summed E-state index contributed by atoms with van der Waals surface area (Å²) in [6, 6.07) is 0. The van der Waals surface area contributed by atoms with Gasteiger partial charge in [0.05, 0.1) is 12.2 Å². The van der Waals surface area contributed by atoms with E-state index in [1.165, 1.54) is 32.1 Å². The molecule has 3 aliphatic rings. The maximum Gasteiger partial charge on any atom is 0.147 e. The largest absolute Gasteiger partial charge is 0.349 e. The molecule has 0 radical (unpaired) electrons. The van der Waals surface area contributed by atoms with Gasteiger partial charge in [-0.15, -0.1) is 0 Å². The van der Waals surface area contributed by atoms with E-state index in [0.717, 1.165) is 23.7 Å². The minimum Gasteiger partial charge on any atom is -0.349 e. The van der Waals surface area contributed by atoms with Gasteiger partial charge in [-0.25, -0.2) is 0 Å². The van der Waals surface area contributed by atoms with Crippen LogP contribution in [0.4, 0.5) is 0 Å². The highest BCUT2D eigenvalue weighted by Crippen LogP contribution is 2.47. The molecule has 2 heteroatoms. The van der Waals surface area contributed by atoms with E-state index in [-0.39, 0.29) is 0 Å². The zero-order valence-corrected chi connectivity index (χ0v) is 10.5. The van der Waals surface area contributed by atoms with E-state index in [4.69, 9.17) is 9.47 Å². The van der Waals surface area contributed by atoms with Crippen molar-refractivity contribution >= 4 is 0 Å². The molecule has 0 bridgehead atoms. The highest BCUT2D eigenvalue weighted by molar-refractivity contribution is 4.94. The van der Waals surface area contributed by atoms with Gasteiger partial charge < -0.3 is 9.47 Å². The SMILES string of the molecule is CC(C)C1CCC2C(CCC3OCOC32)C1. The Balaban J connectivity index is 1.68. The van der Waals surface area contributed by atoms with E-state index in [1.807, 2.05) is 0 Å². The molecule has 0 spiro atoms. The maximum absolute atomic E-state index is 5.80. The zero-order chi connectivity index (χ0) is 11.1. The van der Waals surface area contributed by atoms with Crippen molar-refractivity contribution in [2.75, 3.05) is 6.79 Å². The summed E-state index contributed by atoms with van der Waals surface area (Å²) in [6.45, 7) is 5.31.